The van der Waals surface area contributed by atoms with E-state index in [9.17, 15) is 33.6 Å². The minimum Gasteiger partial charge on any atom is -0.542 e. The van der Waals surface area contributed by atoms with Crippen molar-refractivity contribution < 1.29 is 71.5 Å². The molecule has 2 fully saturated rings. The number of carbonyl (C=O) groups is 7. The first-order valence-electron chi connectivity index (χ1n) is 23.4. The summed E-state index contributed by atoms with van der Waals surface area (Å²) in [6, 6.07) is 16.8. The summed E-state index contributed by atoms with van der Waals surface area (Å²) in [4.78, 5) is 108. The number of Topliss-reactive ketones (excluding diaryl/α,β-unsaturated/α-hetero) is 2. The molecule has 4 aromatic rings. The lowest BCUT2D eigenvalue weighted by atomic mass is 9.90. The van der Waals surface area contributed by atoms with E-state index < -0.39 is 86.6 Å². The summed E-state index contributed by atoms with van der Waals surface area (Å²) in [5, 5.41) is 4.57. The second-order valence-electron chi connectivity index (χ2n) is 19.6. The Morgan fingerprint density at radius 3 is 2.01 bits per heavy atom. The van der Waals surface area contributed by atoms with Crippen molar-refractivity contribution in [1.82, 2.24) is 14.8 Å². The Bertz CT molecular complexity index is 2870. The number of ketones is 2. The van der Waals surface area contributed by atoms with Crippen molar-refractivity contribution in [3.05, 3.63) is 93.5 Å². The van der Waals surface area contributed by atoms with Gasteiger partial charge in [-0.3, -0.25) is 24.0 Å². The number of amides is 3. The monoisotopic (exact) mass is 1120 g/mol. The van der Waals surface area contributed by atoms with Crippen LogP contribution in [0.25, 0.3) is 0 Å². The van der Waals surface area contributed by atoms with Gasteiger partial charge in [-0.15, -0.1) is 34.9 Å². The highest BCUT2D eigenvalue weighted by atomic mass is 35.5. The molecular formula is C51H57BClN5O15S3. The Balaban J connectivity index is 1.21. The van der Waals surface area contributed by atoms with Gasteiger partial charge in [-0.1, -0.05) is 41.0 Å². The number of oxime groups is 1. The molecule has 0 saturated carbocycles. The molecule has 0 unspecified atom stereocenters. The summed E-state index contributed by atoms with van der Waals surface area (Å²) < 4.78 is 36.9. The number of nitrogens with two attached hydrogens (primary N) is 1. The Labute approximate surface area is 458 Å². The lowest BCUT2D eigenvalue weighted by Gasteiger charge is -2.41. The number of hydrogen-bond acceptors (Lipinski definition) is 21. The molecular weight excluding hydrogens is 1070 g/mol. The van der Waals surface area contributed by atoms with E-state index in [0.717, 1.165) is 40.4 Å². The number of halogens is 1. The van der Waals surface area contributed by atoms with E-state index >= 15 is 0 Å². The molecule has 3 aromatic carbocycles. The van der Waals surface area contributed by atoms with Crippen LogP contribution in [0.4, 0.5) is 9.93 Å². The summed E-state index contributed by atoms with van der Waals surface area (Å²) in [5.74, 6) is -5.26. The first-order valence-corrected chi connectivity index (χ1v) is 26.5. The summed E-state index contributed by atoms with van der Waals surface area (Å²) >= 11 is 9.83. The van der Waals surface area contributed by atoms with Crippen molar-refractivity contribution in [2.75, 3.05) is 38.8 Å². The van der Waals surface area contributed by atoms with Crippen LogP contribution in [0, 0.1) is 5.92 Å². The van der Waals surface area contributed by atoms with Gasteiger partial charge in [0.15, 0.2) is 32.2 Å². The average molecular weight is 1120 g/mol. The third kappa shape index (κ3) is 14.3. The fourth-order valence-electron chi connectivity index (χ4n) is 7.28. The first kappa shape index (κ1) is 58.8. The van der Waals surface area contributed by atoms with Crippen molar-refractivity contribution in [1.29, 1.82) is 0 Å². The molecule has 2 aliphatic rings. The van der Waals surface area contributed by atoms with Crippen molar-refractivity contribution in [2.24, 2.45) is 11.1 Å². The number of imide groups is 1. The van der Waals surface area contributed by atoms with Crippen molar-refractivity contribution in [3.63, 3.8) is 0 Å². The zero-order valence-electron chi connectivity index (χ0n) is 43.4. The number of hydrogen-bond donors (Lipinski definition) is 1. The molecule has 6 rings (SSSR count). The van der Waals surface area contributed by atoms with Crippen molar-refractivity contribution >= 4 is 107 Å². The lowest BCUT2D eigenvalue weighted by Crippen LogP contribution is -2.57. The smallest absolute Gasteiger partial charge is 0.417 e. The van der Waals surface area contributed by atoms with Crippen LogP contribution < -0.4 is 24.7 Å². The largest absolute Gasteiger partial charge is 0.542 e. The number of β-lactam (4-membered cyclic amide) rings is 1. The maximum absolute atomic E-state index is 14.3. The number of ether oxygens (including phenoxy) is 6. The minimum absolute atomic E-state index is 0.0380. The normalized spacial score (nSPS) is 17.4. The number of aromatic nitrogens is 1. The van der Waals surface area contributed by atoms with Crippen molar-refractivity contribution in [3.8, 4) is 23.0 Å². The van der Waals surface area contributed by atoms with Crippen LogP contribution in [-0.2, 0) is 56.2 Å². The van der Waals surface area contributed by atoms with E-state index in [0.29, 0.717) is 22.0 Å². The lowest BCUT2D eigenvalue weighted by molar-refractivity contribution is -0.179. The Morgan fingerprint density at radius 1 is 0.882 bits per heavy atom. The molecule has 0 spiro atoms. The molecule has 3 amide bonds. The summed E-state index contributed by atoms with van der Waals surface area (Å²) in [5.41, 5.74) is 3.14. The van der Waals surface area contributed by atoms with E-state index in [2.05, 4.69) is 10.1 Å². The van der Waals surface area contributed by atoms with Crippen LogP contribution in [0.1, 0.15) is 89.0 Å². The van der Waals surface area contributed by atoms with Gasteiger partial charge in [-0.2, -0.15) is 0 Å². The SMILES string of the molecule is [B]OC(=O)[C@@]1(SCCN(C(=O)OC(C)(C)C)C(=O)C(=O)c2ccc(OCc3ccc(OC)cc3)c(OCc3ccc(OC)cc3)c2Cl)CN2C(=O)[C@@H](CC(=O)/C(=N\OC(C)(C)C(=O)OC(C)(C)C)c3csc(N)n3)[C@H]2S1. The average Bonchev–Trinajstić information content (AvgIpc) is 3.96. The number of carbonyl (C=O) groups excluding carboxylic acids is 7. The second-order valence-corrected chi connectivity index (χ2v) is 24.0. The van der Waals surface area contributed by atoms with E-state index in [-0.39, 0.29) is 64.1 Å². The molecule has 2 radical (unpaired) electrons. The number of benzene rings is 3. The number of methoxy groups -OCH3 is 2. The zero-order valence-corrected chi connectivity index (χ0v) is 46.6. The third-order valence-electron chi connectivity index (χ3n) is 11.2. The zero-order chi connectivity index (χ0) is 55.9. The highest BCUT2D eigenvalue weighted by molar-refractivity contribution is 8.20. The highest BCUT2D eigenvalue weighted by Gasteiger charge is 2.62. The van der Waals surface area contributed by atoms with Gasteiger partial charge < -0.3 is 48.5 Å². The Kier molecular flexibility index (Phi) is 18.7. The van der Waals surface area contributed by atoms with Crippen LogP contribution in [0.15, 0.2) is 71.2 Å². The van der Waals surface area contributed by atoms with Gasteiger partial charge in [-0.05, 0) is 103 Å². The Morgan fingerprint density at radius 2 is 1.47 bits per heavy atom. The van der Waals surface area contributed by atoms with Crippen LogP contribution in [0.2, 0.25) is 5.02 Å². The minimum atomic E-state index is -1.65. The number of rotatable bonds is 22. The molecule has 2 aliphatic heterocycles. The maximum Gasteiger partial charge on any atom is 0.417 e. The molecule has 404 valence electrons. The van der Waals surface area contributed by atoms with E-state index in [1.807, 2.05) is 0 Å². The van der Waals surface area contributed by atoms with Gasteiger partial charge in [0, 0.05) is 24.1 Å². The van der Waals surface area contributed by atoms with Gasteiger partial charge in [0.2, 0.25) is 11.5 Å². The molecule has 2 saturated heterocycles. The molecule has 76 heavy (non-hydrogen) atoms. The predicted molar refractivity (Wildman–Crippen MR) is 286 cm³/mol. The maximum atomic E-state index is 14.3. The number of nitrogens with zero attached hydrogens (tertiary/aromatic N) is 4. The molecule has 1 aromatic heterocycles. The summed E-state index contributed by atoms with van der Waals surface area (Å²) in [7, 11) is 8.54. The van der Waals surface area contributed by atoms with Crippen LogP contribution in [0.5, 0.6) is 23.0 Å². The molecule has 25 heteroatoms. The van der Waals surface area contributed by atoms with Gasteiger partial charge in [-0.25, -0.2) is 19.5 Å². The predicted octanol–water partition coefficient (Wildman–Crippen LogP) is 7.59. The molecule has 2 N–H and O–H groups in total. The van der Waals surface area contributed by atoms with E-state index in [1.165, 1.54) is 43.4 Å². The molecule has 0 aliphatic carbocycles. The van der Waals surface area contributed by atoms with Crippen LogP contribution in [0.3, 0.4) is 0 Å². The number of nitrogen functional groups attached to an aromatic ring is 1. The highest BCUT2D eigenvalue weighted by Crippen LogP contribution is 2.56. The number of fused-ring (bicyclic) bond motifs is 1. The fraction of sp³-hybridized carbons (Fsp3) is 0.431. The fourth-order valence-corrected chi connectivity index (χ4v) is 11.4. The van der Waals surface area contributed by atoms with Gasteiger partial charge in [0.1, 0.15) is 41.6 Å². The van der Waals surface area contributed by atoms with E-state index in [4.69, 9.17) is 63.3 Å². The van der Waals surface area contributed by atoms with Gasteiger partial charge >= 0.3 is 32.0 Å². The van der Waals surface area contributed by atoms with E-state index in [1.54, 1.807) is 97.2 Å². The van der Waals surface area contributed by atoms with Crippen LogP contribution in [-0.4, -0.2) is 129 Å². The van der Waals surface area contributed by atoms with Gasteiger partial charge in [0.05, 0.1) is 42.6 Å². The molecule has 20 nitrogen and oxygen atoms in total. The van der Waals surface area contributed by atoms with Crippen molar-refractivity contribution in [2.45, 2.75) is 101 Å². The molecule has 3 atom stereocenters. The second kappa shape index (κ2) is 24.2. The topological polar surface area (TPSA) is 251 Å². The summed E-state index contributed by atoms with van der Waals surface area (Å²) in [6.07, 6.45) is -1.60. The van der Waals surface area contributed by atoms with Crippen LogP contribution >= 0.6 is 46.5 Å². The number of esters is 1. The molecule has 0 bridgehead atoms. The standard InChI is InChI=1S/C51H57BClN5O15S3/c1-48(2,3)70-44(63)50(7,8)73-56-38(34-26-74-46(54)55-34)35(59)23-33-41(61)58-27-51(45(64)72-52,76-43(33)58)75-22-21-57(47(65)71-49(4,5)6)42(62)39(60)32-19-20-36(68-24-28-11-15-30(66-9)16-12-28)40(37(32)53)69-25-29-13-17-31(67-10)18-14-29/h11-20,26,33,43H,21-25,27H2,1-10H3,(H2,54,55)/b56-38-/t33-,43-,51-/m1/s1. The quantitative estimate of drug-likeness (QED) is 0.0151. The number of thioether (sulfide) groups is 2. The Hall–Kier alpha value is -6.50. The third-order valence-corrected chi connectivity index (χ3v) is 15.5. The number of anilines is 1. The van der Waals surface area contributed by atoms with Gasteiger partial charge in [0.25, 0.3) is 5.78 Å². The first-order chi connectivity index (χ1) is 35.7. The molecule has 3 heterocycles. The number of thiazole rings is 1. The summed E-state index contributed by atoms with van der Waals surface area (Å²) in [6.45, 7) is 11.8.